The van der Waals surface area contributed by atoms with Crippen molar-refractivity contribution in [1.29, 1.82) is 0 Å². The molecule has 7 heteroatoms. The third-order valence-electron chi connectivity index (χ3n) is 2.89. The number of amides is 2. The number of aliphatic carboxylic acids is 1. The second-order valence-electron chi connectivity index (χ2n) is 4.58. The molecule has 104 valence electrons. The number of ether oxygens (including phenoxy) is 1. The predicted molar refractivity (Wildman–Crippen MR) is 69.6 cm³/mol. The summed E-state index contributed by atoms with van der Waals surface area (Å²) in [4.78, 5) is 24.4. The molecule has 6 nitrogen and oxygen atoms in total. The molecule has 1 rings (SSSR count). The average molecular weight is 276 g/mol. The molecule has 0 spiro atoms. The van der Waals surface area contributed by atoms with Gasteiger partial charge in [0.2, 0.25) is 0 Å². The highest BCUT2D eigenvalue weighted by atomic mass is 32.2. The van der Waals surface area contributed by atoms with Crippen molar-refractivity contribution in [3.05, 3.63) is 0 Å². The zero-order valence-corrected chi connectivity index (χ0v) is 11.7. The highest BCUT2D eigenvalue weighted by molar-refractivity contribution is 7.99. The van der Waals surface area contributed by atoms with Crippen LogP contribution in [0.2, 0.25) is 0 Å². The molecule has 1 unspecified atom stereocenters. The van der Waals surface area contributed by atoms with Gasteiger partial charge in [0.15, 0.2) is 0 Å². The van der Waals surface area contributed by atoms with Crippen LogP contribution in [0.15, 0.2) is 0 Å². The zero-order valence-electron chi connectivity index (χ0n) is 10.9. The van der Waals surface area contributed by atoms with Gasteiger partial charge < -0.3 is 20.1 Å². The summed E-state index contributed by atoms with van der Waals surface area (Å²) in [5, 5.41) is 11.8. The second kappa shape index (κ2) is 6.84. The lowest BCUT2D eigenvalue weighted by Crippen LogP contribution is -2.52. The van der Waals surface area contributed by atoms with Crippen molar-refractivity contribution in [1.82, 2.24) is 10.2 Å². The van der Waals surface area contributed by atoms with E-state index in [0.29, 0.717) is 18.2 Å². The fourth-order valence-electron chi connectivity index (χ4n) is 1.67. The molecular formula is C11H20N2O4S. The van der Waals surface area contributed by atoms with E-state index in [4.69, 9.17) is 9.84 Å². The van der Waals surface area contributed by atoms with E-state index < -0.39 is 12.0 Å². The molecular weight excluding hydrogens is 256 g/mol. The molecule has 0 aromatic rings. The minimum Gasteiger partial charge on any atom is -0.480 e. The Balaban J connectivity index is 2.60. The van der Waals surface area contributed by atoms with Gasteiger partial charge in [-0.05, 0) is 5.92 Å². The summed E-state index contributed by atoms with van der Waals surface area (Å²) in [5.41, 5.74) is 0. The van der Waals surface area contributed by atoms with E-state index in [1.807, 2.05) is 13.8 Å². The number of carboxylic acid groups (broad SMARTS) is 1. The van der Waals surface area contributed by atoms with Crippen LogP contribution in [0.3, 0.4) is 0 Å². The Labute approximate surface area is 111 Å². The number of rotatable bonds is 5. The molecule has 1 saturated heterocycles. The van der Waals surface area contributed by atoms with Gasteiger partial charge in [-0.3, -0.25) is 0 Å². The Morgan fingerprint density at radius 3 is 2.72 bits per heavy atom. The number of methoxy groups -OCH3 is 1. The number of carbonyl (C=O) groups is 2. The molecule has 1 aliphatic rings. The lowest BCUT2D eigenvalue weighted by Gasteiger charge is -2.27. The standard InChI is InChI=1S/C11H20N2O4S/c1-7(2)8(4-17-3)12-11(16)13-6-18-5-9(13)10(14)15/h7-9H,4-6H2,1-3H3,(H,12,16)(H,14,15)/t8?,9-/m0/s1. The number of carbonyl (C=O) groups excluding carboxylic acids is 1. The van der Waals surface area contributed by atoms with Crippen LogP contribution in [0.25, 0.3) is 0 Å². The quantitative estimate of drug-likeness (QED) is 0.777. The molecule has 2 amide bonds. The smallest absolute Gasteiger partial charge is 0.327 e. The Kier molecular flexibility index (Phi) is 5.74. The Bertz CT molecular complexity index is 311. The van der Waals surface area contributed by atoms with E-state index in [9.17, 15) is 9.59 Å². The van der Waals surface area contributed by atoms with Crippen LogP contribution in [0.4, 0.5) is 4.79 Å². The molecule has 0 aromatic carbocycles. The molecule has 0 bridgehead atoms. The van der Waals surface area contributed by atoms with Gasteiger partial charge in [0, 0.05) is 12.9 Å². The zero-order chi connectivity index (χ0) is 13.7. The first-order chi connectivity index (χ1) is 8.47. The van der Waals surface area contributed by atoms with Crippen molar-refractivity contribution >= 4 is 23.8 Å². The summed E-state index contributed by atoms with van der Waals surface area (Å²) in [7, 11) is 1.58. The van der Waals surface area contributed by atoms with Gasteiger partial charge in [0.1, 0.15) is 6.04 Å². The number of nitrogens with zero attached hydrogens (tertiary/aromatic N) is 1. The maximum absolute atomic E-state index is 12.0. The van der Waals surface area contributed by atoms with Gasteiger partial charge in [0.05, 0.1) is 18.5 Å². The highest BCUT2D eigenvalue weighted by Crippen LogP contribution is 2.21. The molecule has 1 fully saturated rings. The summed E-state index contributed by atoms with van der Waals surface area (Å²) in [6.07, 6.45) is 0. The van der Waals surface area contributed by atoms with Gasteiger partial charge in [0.25, 0.3) is 0 Å². The lowest BCUT2D eigenvalue weighted by atomic mass is 10.1. The van der Waals surface area contributed by atoms with Gasteiger partial charge in [-0.2, -0.15) is 0 Å². The van der Waals surface area contributed by atoms with Crippen LogP contribution in [-0.4, -0.2) is 59.4 Å². The molecule has 0 aliphatic carbocycles. The molecule has 2 atom stereocenters. The van der Waals surface area contributed by atoms with Crippen LogP contribution in [0.1, 0.15) is 13.8 Å². The largest absolute Gasteiger partial charge is 0.480 e. The Morgan fingerprint density at radius 2 is 2.22 bits per heavy atom. The van der Waals surface area contributed by atoms with Crippen molar-refractivity contribution in [3.8, 4) is 0 Å². The first-order valence-corrected chi connectivity index (χ1v) is 6.99. The number of carboxylic acids is 1. The molecule has 2 N–H and O–H groups in total. The van der Waals surface area contributed by atoms with Gasteiger partial charge >= 0.3 is 12.0 Å². The van der Waals surface area contributed by atoms with Crippen molar-refractivity contribution in [3.63, 3.8) is 0 Å². The van der Waals surface area contributed by atoms with Crippen LogP contribution in [0, 0.1) is 5.92 Å². The summed E-state index contributed by atoms with van der Waals surface area (Å²) in [6.45, 7) is 4.39. The minimum atomic E-state index is -0.956. The number of hydrogen-bond donors (Lipinski definition) is 2. The fourth-order valence-corrected chi connectivity index (χ4v) is 2.81. The van der Waals surface area contributed by atoms with E-state index >= 15 is 0 Å². The molecule has 0 aromatic heterocycles. The number of thioether (sulfide) groups is 1. The van der Waals surface area contributed by atoms with E-state index in [1.165, 1.54) is 16.7 Å². The first kappa shape index (κ1) is 15.1. The van der Waals surface area contributed by atoms with E-state index in [2.05, 4.69) is 5.32 Å². The molecule has 18 heavy (non-hydrogen) atoms. The predicted octanol–water partition coefficient (Wildman–Crippen LogP) is 0.826. The van der Waals surface area contributed by atoms with Crippen molar-refractivity contribution in [2.24, 2.45) is 5.92 Å². The fraction of sp³-hybridized carbons (Fsp3) is 0.818. The summed E-state index contributed by atoms with van der Waals surface area (Å²) in [6, 6.07) is -1.17. The maximum Gasteiger partial charge on any atom is 0.327 e. The topological polar surface area (TPSA) is 78.9 Å². The van der Waals surface area contributed by atoms with Gasteiger partial charge in [-0.1, -0.05) is 13.8 Å². The normalized spacial score (nSPS) is 21.1. The SMILES string of the molecule is COCC(NC(=O)N1CSC[C@H]1C(=O)O)C(C)C. The molecule has 0 saturated carbocycles. The van der Waals surface area contributed by atoms with Crippen LogP contribution in [-0.2, 0) is 9.53 Å². The van der Waals surface area contributed by atoms with E-state index in [1.54, 1.807) is 7.11 Å². The summed E-state index contributed by atoms with van der Waals surface area (Å²) >= 11 is 1.45. The number of hydrogen-bond acceptors (Lipinski definition) is 4. The highest BCUT2D eigenvalue weighted by Gasteiger charge is 2.35. The number of nitrogens with one attached hydrogen (secondary N) is 1. The lowest BCUT2D eigenvalue weighted by molar-refractivity contribution is -0.140. The average Bonchev–Trinajstić information content (AvgIpc) is 2.77. The molecule has 1 aliphatic heterocycles. The third kappa shape index (κ3) is 3.78. The Morgan fingerprint density at radius 1 is 1.56 bits per heavy atom. The van der Waals surface area contributed by atoms with Gasteiger partial charge in [-0.15, -0.1) is 11.8 Å². The third-order valence-corrected chi connectivity index (χ3v) is 3.90. The Hall–Kier alpha value is -0.950. The van der Waals surface area contributed by atoms with Crippen LogP contribution < -0.4 is 5.32 Å². The van der Waals surface area contributed by atoms with Crippen LogP contribution >= 0.6 is 11.8 Å². The monoisotopic (exact) mass is 276 g/mol. The first-order valence-electron chi connectivity index (χ1n) is 5.84. The van der Waals surface area contributed by atoms with Crippen molar-refractivity contribution in [2.75, 3.05) is 25.3 Å². The minimum absolute atomic E-state index is 0.109. The van der Waals surface area contributed by atoms with E-state index in [-0.39, 0.29) is 18.0 Å². The molecule has 1 heterocycles. The van der Waals surface area contributed by atoms with Crippen molar-refractivity contribution < 1.29 is 19.4 Å². The number of urea groups is 1. The second-order valence-corrected chi connectivity index (χ2v) is 5.58. The van der Waals surface area contributed by atoms with E-state index in [0.717, 1.165) is 0 Å². The van der Waals surface area contributed by atoms with Crippen molar-refractivity contribution in [2.45, 2.75) is 25.9 Å². The van der Waals surface area contributed by atoms with Gasteiger partial charge in [-0.25, -0.2) is 9.59 Å². The summed E-state index contributed by atoms with van der Waals surface area (Å²) < 4.78 is 5.05. The maximum atomic E-state index is 12.0. The molecule has 0 radical (unpaired) electrons. The summed E-state index contributed by atoms with van der Waals surface area (Å²) in [5.74, 6) is 0.135. The van der Waals surface area contributed by atoms with Crippen LogP contribution in [0.5, 0.6) is 0 Å².